The summed E-state index contributed by atoms with van der Waals surface area (Å²) in [6, 6.07) is 10.6. The van der Waals surface area contributed by atoms with E-state index in [4.69, 9.17) is 0 Å². The summed E-state index contributed by atoms with van der Waals surface area (Å²) in [7, 11) is 0. The molecular weight excluding hydrogens is 422 g/mol. The Hall–Kier alpha value is -1.63. The molecule has 0 radical (unpaired) electrons. The second kappa shape index (κ2) is 11.9. The van der Waals surface area contributed by atoms with Crippen molar-refractivity contribution in [3.05, 3.63) is 24.3 Å². The topological polar surface area (TPSA) is 59.6 Å². The van der Waals surface area contributed by atoms with E-state index in [9.17, 15) is 4.79 Å². The van der Waals surface area contributed by atoms with Gasteiger partial charge >= 0.3 is 0 Å². The van der Waals surface area contributed by atoms with Gasteiger partial charge in [0.25, 0.3) is 0 Å². The van der Waals surface area contributed by atoms with Crippen molar-refractivity contribution in [1.29, 1.82) is 0 Å². The molecule has 6 nitrogen and oxygen atoms in total. The lowest BCUT2D eigenvalue weighted by Gasteiger charge is -2.35. The van der Waals surface area contributed by atoms with Crippen LogP contribution in [0.25, 0.3) is 0 Å². The van der Waals surface area contributed by atoms with Crippen LogP contribution in [0.1, 0.15) is 77.0 Å². The number of nitrogens with one attached hydrogen (secondary N) is 3. The minimum absolute atomic E-state index is 0.263. The second-order valence-electron chi connectivity index (χ2n) is 11.0. The van der Waals surface area contributed by atoms with Crippen LogP contribution in [0.15, 0.2) is 24.3 Å². The number of hydrogen-bond acceptors (Lipinski definition) is 5. The molecule has 0 aromatic heterocycles. The van der Waals surface area contributed by atoms with E-state index >= 15 is 0 Å². The zero-order valence-electron chi connectivity index (χ0n) is 20.9. The van der Waals surface area contributed by atoms with Crippen molar-refractivity contribution in [3.63, 3.8) is 0 Å². The van der Waals surface area contributed by atoms with Crippen LogP contribution in [0.3, 0.4) is 0 Å². The monoisotopic (exact) mass is 467 g/mol. The van der Waals surface area contributed by atoms with Crippen molar-refractivity contribution in [2.45, 2.75) is 95.2 Å². The van der Waals surface area contributed by atoms with Gasteiger partial charge in [0.15, 0.2) is 0 Å². The maximum Gasteiger partial charge on any atom is 0.227 e. The van der Waals surface area contributed by atoms with E-state index in [-0.39, 0.29) is 5.91 Å². The highest BCUT2D eigenvalue weighted by molar-refractivity contribution is 5.95. The summed E-state index contributed by atoms with van der Waals surface area (Å²) in [4.78, 5) is 16.4. The van der Waals surface area contributed by atoms with Crippen LogP contribution in [0.5, 0.6) is 0 Å². The molecule has 0 spiro atoms. The van der Waals surface area contributed by atoms with E-state index in [1.165, 1.54) is 69.9 Å². The summed E-state index contributed by atoms with van der Waals surface area (Å²) >= 11 is 0. The lowest BCUT2D eigenvalue weighted by molar-refractivity contribution is -0.117. The summed E-state index contributed by atoms with van der Waals surface area (Å²) in [5, 5.41) is 11.4. The molecule has 4 aliphatic rings. The molecule has 2 unspecified atom stereocenters. The number of anilines is 2. The summed E-state index contributed by atoms with van der Waals surface area (Å²) in [5.41, 5.74) is 2.34. The molecule has 1 aromatic carbocycles. The van der Waals surface area contributed by atoms with E-state index in [0.717, 1.165) is 50.9 Å². The van der Waals surface area contributed by atoms with Gasteiger partial charge in [0.1, 0.15) is 0 Å². The lowest BCUT2D eigenvalue weighted by atomic mass is 9.82. The fraction of sp³-hybridized carbons (Fsp3) is 0.750. The Bertz CT molecular complexity index is 768. The molecule has 1 aromatic rings. The van der Waals surface area contributed by atoms with E-state index in [1.807, 2.05) is 4.90 Å². The molecule has 5 rings (SSSR count). The predicted molar refractivity (Wildman–Crippen MR) is 140 cm³/mol. The molecule has 1 aliphatic carbocycles. The molecule has 3 saturated heterocycles. The average Bonchev–Trinajstić information content (AvgIpc) is 3.49. The molecular formula is C28H45N5O. The Balaban J connectivity index is 1.03. The van der Waals surface area contributed by atoms with Crippen LogP contribution >= 0.6 is 0 Å². The van der Waals surface area contributed by atoms with Crippen molar-refractivity contribution in [2.24, 2.45) is 5.92 Å². The van der Waals surface area contributed by atoms with Crippen LogP contribution in [0.4, 0.5) is 11.4 Å². The van der Waals surface area contributed by atoms with Gasteiger partial charge < -0.3 is 20.4 Å². The lowest BCUT2D eigenvalue weighted by Crippen LogP contribution is -2.45. The number of hydrogen-bond donors (Lipinski definition) is 3. The highest BCUT2D eigenvalue weighted by Gasteiger charge is 2.32. The van der Waals surface area contributed by atoms with Gasteiger partial charge in [-0.05, 0) is 75.3 Å². The summed E-state index contributed by atoms with van der Waals surface area (Å²) in [6.45, 7) is 5.17. The van der Waals surface area contributed by atoms with E-state index < -0.39 is 0 Å². The van der Waals surface area contributed by atoms with Gasteiger partial charge in [0, 0.05) is 62.2 Å². The second-order valence-corrected chi connectivity index (χ2v) is 11.0. The largest absolute Gasteiger partial charge is 0.371 e. The van der Waals surface area contributed by atoms with Gasteiger partial charge in [-0.3, -0.25) is 10.1 Å². The van der Waals surface area contributed by atoms with Gasteiger partial charge in [0.05, 0.1) is 0 Å². The molecule has 34 heavy (non-hydrogen) atoms. The molecule has 3 N–H and O–H groups in total. The molecule has 1 amide bonds. The summed E-state index contributed by atoms with van der Waals surface area (Å²) in [6.07, 6.45) is 15.3. The van der Waals surface area contributed by atoms with Crippen LogP contribution in [-0.2, 0) is 4.79 Å². The number of benzene rings is 1. The quantitative estimate of drug-likeness (QED) is 0.566. The van der Waals surface area contributed by atoms with E-state index in [0.29, 0.717) is 24.5 Å². The normalized spacial score (nSPS) is 27.8. The van der Waals surface area contributed by atoms with Crippen LogP contribution < -0.4 is 25.8 Å². The number of nitrogens with zero attached hydrogens (tertiary/aromatic N) is 2. The van der Waals surface area contributed by atoms with Crippen molar-refractivity contribution >= 4 is 17.3 Å². The first-order valence-corrected chi connectivity index (χ1v) is 14.1. The third-order valence-electron chi connectivity index (χ3n) is 8.78. The maximum atomic E-state index is 12.0. The zero-order chi connectivity index (χ0) is 23.2. The van der Waals surface area contributed by atoms with Crippen molar-refractivity contribution < 1.29 is 4.79 Å². The first kappa shape index (κ1) is 24.1. The standard InChI is InChI=1S/C28H45N5O/c34-27-9-6-18-33(27)25-12-10-24(11-13-25)32-19-15-23(16-20-32)29-17-14-26-28(31-21-30-26)22-7-4-2-1-3-5-8-22/h10-13,22-23,26,28-31H,1-9,14-21H2. The number of rotatable bonds is 7. The van der Waals surface area contributed by atoms with E-state index in [1.54, 1.807) is 0 Å². The molecule has 1 saturated carbocycles. The Morgan fingerprint density at radius 1 is 0.824 bits per heavy atom. The zero-order valence-corrected chi connectivity index (χ0v) is 20.9. The molecule has 3 aliphatic heterocycles. The number of carbonyl (C=O) groups excluding carboxylic acids is 1. The van der Waals surface area contributed by atoms with Crippen LogP contribution in [-0.4, -0.2) is 56.9 Å². The highest BCUT2D eigenvalue weighted by atomic mass is 16.2. The number of amides is 1. The predicted octanol–water partition coefficient (Wildman–Crippen LogP) is 4.01. The van der Waals surface area contributed by atoms with Crippen LogP contribution in [0, 0.1) is 5.92 Å². The Morgan fingerprint density at radius 3 is 2.24 bits per heavy atom. The maximum absolute atomic E-state index is 12.0. The molecule has 3 heterocycles. The molecule has 6 heteroatoms. The minimum Gasteiger partial charge on any atom is -0.371 e. The molecule has 0 bridgehead atoms. The summed E-state index contributed by atoms with van der Waals surface area (Å²) in [5.74, 6) is 1.12. The number of piperidine rings is 1. The highest BCUT2D eigenvalue weighted by Crippen LogP contribution is 2.29. The van der Waals surface area contributed by atoms with Crippen LogP contribution in [0.2, 0.25) is 0 Å². The third-order valence-corrected chi connectivity index (χ3v) is 8.78. The van der Waals surface area contributed by atoms with Gasteiger partial charge in [-0.25, -0.2) is 0 Å². The minimum atomic E-state index is 0.263. The third kappa shape index (κ3) is 5.95. The first-order chi connectivity index (χ1) is 16.8. The fourth-order valence-electron chi connectivity index (χ4n) is 6.75. The van der Waals surface area contributed by atoms with Gasteiger partial charge in [-0.15, -0.1) is 0 Å². The fourth-order valence-corrected chi connectivity index (χ4v) is 6.75. The van der Waals surface area contributed by atoms with Gasteiger partial charge in [-0.1, -0.05) is 32.1 Å². The van der Waals surface area contributed by atoms with Crippen molar-refractivity contribution in [3.8, 4) is 0 Å². The Kier molecular flexibility index (Phi) is 8.41. The number of carbonyl (C=O) groups is 1. The Morgan fingerprint density at radius 2 is 1.53 bits per heavy atom. The SMILES string of the molecule is O=C1CCCN1c1ccc(N2CCC(NCCC3NCNC3C3CCCCCCC3)CC2)cc1. The average molecular weight is 468 g/mol. The Labute approximate surface area is 206 Å². The molecule has 2 atom stereocenters. The smallest absolute Gasteiger partial charge is 0.227 e. The summed E-state index contributed by atoms with van der Waals surface area (Å²) < 4.78 is 0. The van der Waals surface area contributed by atoms with Crippen molar-refractivity contribution in [2.75, 3.05) is 42.6 Å². The molecule has 4 fully saturated rings. The van der Waals surface area contributed by atoms with Gasteiger partial charge in [0.2, 0.25) is 5.91 Å². The first-order valence-electron chi connectivity index (χ1n) is 14.1. The van der Waals surface area contributed by atoms with Crippen molar-refractivity contribution in [1.82, 2.24) is 16.0 Å². The molecule has 188 valence electrons. The van der Waals surface area contributed by atoms with E-state index in [2.05, 4.69) is 45.1 Å². The van der Waals surface area contributed by atoms with Gasteiger partial charge in [-0.2, -0.15) is 0 Å².